The molecule has 0 unspecified atom stereocenters. The third kappa shape index (κ3) is 6.11. The molecule has 27 heavy (non-hydrogen) atoms. The standard InChI is InChI=1S/C21H22N4OS/c1-16-7-5-6-10-18(16)11-12-19-23-21(25-24-19)27-15-20(26)22-14-13-17-8-3-2-4-9-17/h2-12H,13-15H2,1H3,(H,22,26)(H,23,24,25). The van der Waals surface area contributed by atoms with Crippen LogP contribution >= 0.6 is 11.8 Å². The molecule has 0 aliphatic heterocycles. The first-order chi connectivity index (χ1) is 13.2. The van der Waals surface area contributed by atoms with Crippen LogP contribution in [-0.4, -0.2) is 33.4 Å². The molecular weight excluding hydrogens is 356 g/mol. The summed E-state index contributed by atoms with van der Waals surface area (Å²) in [6, 6.07) is 18.2. The second-order valence-corrected chi connectivity index (χ2v) is 7.01. The number of rotatable bonds is 8. The summed E-state index contributed by atoms with van der Waals surface area (Å²) in [5.41, 5.74) is 3.56. The maximum absolute atomic E-state index is 11.9. The third-order valence-corrected chi connectivity index (χ3v) is 4.85. The Morgan fingerprint density at radius 1 is 1.11 bits per heavy atom. The minimum Gasteiger partial charge on any atom is -0.355 e. The molecule has 1 amide bonds. The number of aromatic amines is 1. The van der Waals surface area contributed by atoms with E-state index < -0.39 is 0 Å². The predicted octanol–water partition coefficient (Wildman–Crippen LogP) is 3.73. The number of aromatic nitrogens is 3. The molecular formula is C21H22N4OS. The molecule has 1 heterocycles. The Bertz CT molecular complexity index is 905. The normalized spacial score (nSPS) is 11.0. The molecule has 5 nitrogen and oxygen atoms in total. The van der Waals surface area contributed by atoms with Gasteiger partial charge in [-0.05, 0) is 36.1 Å². The molecule has 0 aliphatic carbocycles. The van der Waals surface area contributed by atoms with Gasteiger partial charge in [-0.25, -0.2) is 4.98 Å². The zero-order valence-electron chi connectivity index (χ0n) is 15.2. The van der Waals surface area contributed by atoms with Crippen LogP contribution in [0.1, 0.15) is 22.5 Å². The zero-order chi connectivity index (χ0) is 18.9. The van der Waals surface area contributed by atoms with Crippen molar-refractivity contribution in [2.24, 2.45) is 0 Å². The van der Waals surface area contributed by atoms with Gasteiger partial charge < -0.3 is 5.32 Å². The summed E-state index contributed by atoms with van der Waals surface area (Å²) in [5, 5.41) is 10.5. The van der Waals surface area contributed by atoms with E-state index in [1.807, 2.05) is 42.5 Å². The Kier molecular flexibility index (Phi) is 6.82. The molecule has 2 aromatic carbocycles. The quantitative estimate of drug-likeness (QED) is 0.586. The molecule has 3 aromatic rings. The summed E-state index contributed by atoms with van der Waals surface area (Å²) in [6.07, 6.45) is 4.71. The lowest BCUT2D eigenvalue weighted by Crippen LogP contribution is -2.27. The van der Waals surface area contributed by atoms with Crippen molar-refractivity contribution in [1.29, 1.82) is 0 Å². The minimum absolute atomic E-state index is 0.0160. The lowest BCUT2D eigenvalue weighted by atomic mass is 10.1. The number of hydrogen-bond donors (Lipinski definition) is 2. The number of benzene rings is 2. The number of H-pyrrole nitrogens is 1. The van der Waals surface area contributed by atoms with Gasteiger partial charge in [-0.15, -0.1) is 5.10 Å². The fourth-order valence-electron chi connectivity index (χ4n) is 2.51. The van der Waals surface area contributed by atoms with Gasteiger partial charge in [0.1, 0.15) is 5.82 Å². The van der Waals surface area contributed by atoms with Crippen molar-refractivity contribution in [2.45, 2.75) is 18.5 Å². The summed E-state index contributed by atoms with van der Waals surface area (Å²) in [6.45, 7) is 2.69. The molecule has 2 N–H and O–H groups in total. The first kappa shape index (κ1) is 18.9. The average molecular weight is 379 g/mol. The Morgan fingerprint density at radius 3 is 2.70 bits per heavy atom. The fraction of sp³-hybridized carbons (Fsp3) is 0.190. The second-order valence-electron chi connectivity index (χ2n) is 6.07. The topological polar surface area (TPSA) is 70.7 Å². The predicted molar refractivity (Wildman–Crippen MR) is 110 cm³/mol. The van der Waals surface area contributed by atoms with Gasteiger partial charge >= 0.3 is 0 Å². The van der Waals surface area contributed by atoms with Gasteiger partial charge in [-0.3, -0.25) is 9.89 Å². The molecule has 0 aliphatic rings. The van der Waals surface area contributed by atoms with Crippen LogP contribution in [-0.2, 0) is 11.2 Å². The Hall–Kier alpha value is -2.86. The number of carbonyl (C=O) groups excluding carboxylic acids is 1. The largest absolute Gasteiger partial charge is 0.355 e. The van der Waals surface area contributed by atoms with E-state index in [1.54, 1.807) is 0 Å². The lowest BCUT2D eigenvalue weighted by molar-refractivity contribution is -0.118. The molecule has 3 rings (SSSR count). The van der Waals surface area contributed by atoms with E-state index in [2.05, 4.69) is 51.7 Å². The Morgan fingerprint density at radius 2 is 1.89 bits per heavy atom. The van der Waals surface area contributed by atoms with Crippen LogP contribution in [0.25, 0.3) is 12.2 Å². The van der Waals surface area contributed by atoms with Crippen LogP contribution in [0.15, 0.2) is 59.8 Å². The lowest BCUT2D eigenvalue weighted by Gasteiger charge is -2.04. The summed E-state index contributed by atoms with van der Waals surface area (Å²) >= 11 is 1.32. The highest BCUT2D eigenvalue weighted by atomic mass is 32.2. The molecule has 0 spiro atoms. The van der Waals surface area contributed by atoms with Crippen molar-refractivity contribution in [3.8, 4) is 0 Å². The molecule has 0 fully saturated rings. The monoisotopic (exact) mass is 378 g/mol. The number of hydrogen-bond acceptors (Lipinski definition) is 4. The summed E-state index contributed by atoms with van der Waals surface area (Å²) in [7, 11) is 0. The Labute approximate surface area is 163 Å². The molecule has 138 valence electrons. The van der Waals surface area contributed by atoms with Gasteiger partial charge in [0.15, 0.2) is 0 Å². The van der Waals surface area contributed by atoms with Crippen LogP contribution in [0.5, 0.6) is 0 Å². The molecule has 0 radical (unpaired) electrons. The van der Waals surface area contributed by atoms with E-state index in [-0.39, 0.29) is 5.91 Å². The molecule has 0 bridgehead atoms. The molecule has 0 saturated heterocycles. The highest BCUT2D eigenvalue weighted by Gasteiger charge is 2.06. The highest BCUT2D eigenvalue weighted by molar-refractivity contribution is 7.99. The van der Waals surface area contributed by atoms with Crippen molar-refractivity contribution in [2.75, 3.05) is 12.3 Å². The van der Waals surface area contributed by atoms with E-state index in [4.69, 9.17) is 0 Å². The number of thioether (sulfide) groups is 1. The van der Waals surface area contributed by atoms with E-state index in [1.165, 1.54) is 22.9 Å². The summed E-state index contributed by atoms with van der Waals surface area (Å²) in [5.74, 6) is 0.955. The number of aryl methyl sites for hydroxylation is 1. The maximum Gasteiger partial charge on any atom is 0.230 e. The van der Waals surface area contributed by atoms with Gasteiger partial charge in [0.05, 0.1) is 5.75 Å². The SMILES string of the molecule is Cc1ccccc1C=Cc1nc(SCC(=O)NCCc2ccccc2)n[nH]1. The van der Waals surface area contributed by atoms with Gasteiger partial charge in [0, 0.05) is 6.54 Å². The van der Waals surface area contributed by atoms with Crippen molar-refractivity contribution < 1.29 is 4.79 Å². The first-order valence-electron chi connectivity index (χ1n) is 8.80. The van der Waals surface area contributed by atoms with Crippen LogP contribution in [0.4, 0.5) is 0 Å². The fourth-order valence-corrected chi connectivity index (χ4v) is 3.15. The number of nitrogens with zero attached hydrogens (tertiary/aromatic N) is 2. The number of nitrogens with one attached hydrogen (secondary N) is 2. The van der Waals surface area contributed by atoms with Crippen LogP contribution in [0.3, 0.4) is 0 Å². The maximum atomic E-state index is 11.9. The van der Waals surface area contributed by atoms with Crippen molar-refractivity contribution >= 4 is 29.8 Å². The molecule has 6 heteroatoms. The summed E-state index contributed by atoms with van der Waals surface area (Å²) in [4.78, 5) is 16.3. The Balaban J connectivity index is 1.42. The van der Waals surface area contributed by atoms with Gasteiger partial charge in [0.25, 0.3) is 0 Å². The molecule has 0 atom stereocenters. The average Bonchev–Trinajstić information content (AvgIpc) is 3.14. The zero-order valence-corrected chi connectivity index (χ0v) is 16.0. The van der Waals surface area contributed by atoms with Gasteiger partial charge in [-0.1, -0.05) is 72.4 Å². The third-order valence-electron chi connectivity index (χ3n) is 4.00. The van der Waals surface area contributed by atoms with Gasteiger partial charge in [0.2, 0.25) is 11.1 Å². The summed E-state index contributed by atoms with van der Waals surface area (Å²) < 4.78 is 0. The van der Waals surface area contributed by atoms with E-state index in [0.717, 1.165) is 12.0 Å². The van der Waals surface area contributed by atoms with Crippen LogP contribution in [0.2, 0.25) is 0 Å². The first-order valence-corrected chi connectivity index (χ1v) is 9.79. The van der Waals surface area contributed by atoms with Crippen molar-refractivity contribution in [1.82, 2.24) is 20.5 Å². The van der Waals surface area contributed by atoms with Crippen LogP contribution in [0, 0.1) is 6.92 Å². The molecule has 1 aromatic heterocycles. The number of carbonyl (C=O) groups is 1. The van der Waals surface area contributed by atoms with Gasteiger partial charge in [-0.2, -0.15) is 0 Å². The van der Waals surface area contributed by atoms with E-state index >= 15 is 0 Å². The van der Waals surface area contributed by atoms with E-state index in [0.29, 0.717) is 23.3 Å². The second kappa shape index (κ2) is 9.73. The van der Waals surface area contributed by atoms with Crippen molar-refractivity contribution in [3.63, 3.8) is 0 Å². The van der Waals surface area contributed by atoms with E-state index in [9.17, 15) is 4.79 Å². The number of amides is 1. The highest BCUT2D eigenvalue weighted by Crippen LogP contribution is 2.14. The molecule has 0 saturated carbocycles. The smallest absolute Gasteiger partial charge is 0.230 e. The van der Waals surface area contributed by atoms with Crippen molar-refractivity contribution in [3.05, 3.63) is 77.1 Å². The van der Waals surface area contributed by atoms with Crippen LogP contribution < -0.4 is 5.32 Å². The minimum atomic E-state index is -0.0160.